The number of hydrogen-bond acceptors (Lipinski definition) is 2. The van der Waals surface area contributed by atoms with Gasteiger partial charge in [0.1, 0.15) is 5.75 Å². The summed E-state index contributed by atoms with van der Waals surface area (Å²) in [6.07, 6.45) is 16.6. The molecule has 4 aliphatic rings. The van der Waals surface area contributed by atoms with Crippen molar-refractivity contribution in [2.45, 2.75) is 88.5 Å². The second-order valence-corrected chi connectivity index (χ2v) is 9.48. The van der Waals surface area contributed by atoms with Gasteiger partial charge in [-0.1, -0.05) is 51.0 Å². The topological polar surface area (TPSA) is 21.3 Å². The molecule has 3 atom stereocenters. The third-order valence-corrected chi connectivity index (χ3v) is 8.14. The van der Waals surface area contributed by atoms with Crippen molar-refractivity contribution >= 4 is 0 Å². The summed E-state index contributed by atoms with van der Waals surface area (Å²) < 4.78 is 6.27. The van der Waals surface area contributed by atoms with Gasteiger partial charge in [-0.15, -0.1) is 0 Å². The Balaban J connectivity index is 1.33. The number of hydrogen-bond donors (Lipinski definition) is 1. The summed E-state index contributed by atoms with van der Waals surface area (Å²) in [5.74, 6) is 2.90. The first kappa shape index (κ1) is 17.1. The van der Waals surface area contributed by atoms with Crippen LogP contribution in [-0.4, -0.2) is 19.2 Å². The molecule has 0 amide bonds. The van der Waals surface area contributed by atoms with E-state index in [0.717, 1.165) is 30.2 Å². The second kappa shape index (κ2) is 7.19. The van der Waals surface area contributed by atoms with E-state index < -0.39 is 0 Å². The summed E-state index contributed by atoms with van der Waals surface area (Å²) in [7, 11) is 0. The molecule has 2 saturated carbocycles. The maximum Gasteiger partial charge on any atom is 0.119 e. The van der Waals surface area contributed by atoms with Gasteiger partial charge in [0.05, 0.1) is 6.61 Å². The molecular weight excluding hydrogens is 318 g/mol. The summed E-state index contributed by atoms with van der Waals surface area (Å²) in [6, 6.07) is 7.80. The summed E-state index contributed by atoms with van der Waals surface area (Å²) in [5.41, 5.74) is 3.71. The highest BCUT2D eigenvalue weighted by molar-refractivity contribution is 5.45. The lowest BCUT2D eigenvalue weighted by Crippen LogP contribution is -2.59. The van der Waals surface area contributed by atoms with Crippen molar-refractivity contribution < 1.29 is 4.74 Å². The molecule has 1 saturated heterocycles. The monoisotopic (exact) mass is 353 g/mol. The third-order valence-electron chi connectivity index (χ3n) is 8.14. The van der Waals surface area contributed by atoms with Crippen molar-refractivity contribution in [3.05, 3.63) is 29.3 Å². The fourth-order valence-corrected chi connectivity index (χ4v) is 6.81. The number of rotatable bonds is 4. The molecule has 26 heavy (non-hydrogen) atoms. The van der Waals surface area contributed by atoms with E-state index in [1.807, 2.05) is 0 Å². The average molecular weight is 354 g/mol. The van der Waals surface area contributed by atoms with E-state index in [1.165, 1.54) is 83.6 Å². The zero-order chi connectivity index (χ0) is 17.4. The van der Waals surface area contributed by atoms with E-state index in [9.17, 15) is 0 Å². The fraction of sp³-hybridized carbons (Fsp3) is 0.750. The third kappa shape index (κ3) is 2.99. The van der Waals surface area contributed by atoms with Gasteiger partial charge in [-0.05, 0) is 73.7 Å². The molecule has 0 unspecified atom stereocenters. The molecule has 1 aromatic rings. The van der Waals surface area contributed by atoms with Crippen LogP contribution in [0.5, 0.6) is 5.75 Å². The fourth-order valence-electron chi connectivity index (χ4n) is 6.81. The molecule has 2 nitrogen and oxygen atoms in total. The largest absolute Gasteiger partial charge is 0.494 e. The van der Waals surface area contributed by atoms with Crippen LogP contribution < -0.4 is 10.1 Å². The molecule has 0 aromatic heterocycles. The van der Waals surface area contributed by atoms with Gasteiger partial charge in [-0.2, -0.15) is 0 Å². The highest BCUT2D eigenvalue weighted by Gasteiger charge is 2.51. The van der Waals surface area contributed by atoms with Crippen LogP contribution in [0.3, 0.4) is 0 Å². The Hall–Kier alpha value is -1.02. The van der Waals surface area contributed by atoms with E-state index in [1.54, 1.807) is 11.1 Å². The van der Waals surface area contributed by atoms with Crippen molar-refractivity contribution in [3.8, 4) is 5.75 Å². The lowest BCUT2D eigenvalue weighted by Gasteiger charge is -2.56. The van der Waals surface area contributed by atoms with Crippen molar-refractivity contribution in [1.82, 2.24) is 5.32 Å². The Labute approximate surface area is 159 Å². The molecule has 2 heteroatoms. The quantitative estimate of drug-likeness (QED) is 0.784. The first-order chi connectivity index (χ1) is 12.9. The van der Waals surface area contributed by atoms with Gasteiger partial charge in [0, 0.05) is 11.5 Å². The van der Waals surface area contributed by atoms with Crippen molar-refractivity contribution in [2.75, 3.05) is 13.2 Å². The van der Waals surface area contributed by atoms with Gasteiger partial charge in [-0.3, -0.25) is 0 Å². The second-order valence-electron chi connectivity index (χ2n) is 9.48. The van der Waals surface area contributed by atoms with Crippen LogP contribution in [0.2, 0.25) is 0 Å². The molecule has 0 radical (unpaired) electrons. The van der Waals surface area contributed by atoms with Gasteiger partial charge in [0.25, 0.3) is 0 Å². The molecule has 3 aliphatic carbocycles. The highest BCUT2D eigenvalue weighted by Crippen LogP contribution is 2.54. The number of piperidine rings is 1. The summed E-state index contributed by atoms with van der Waals surface area (Å²) in [4.78, 5) is 0. The van der Waals surface area contributed by atoms with Gasteiger partial charge >= 0.3 is 0 Å². The van der Waals surface area contributed by atoms with E-state index in [2.05, 4.69) is 23.5 Å². The normalized spacial score (nSPS) is 34.0. The van der Waals surface area contributed by atoms with E-state index in [0.29, 0.717) is 5.41 Å². The maximum absolute atomic E-state index is 6.27. The van der Waals surface area contributed by atoms with E-state index >= 15 is 0 Å². The van der Waals surface area contributed by atoms with Gasteiger partial charge in [0.15, 0.2) is 0 Å². The first-order valence-corrected chi connectivity index (χ1v) is 11.3. The van der Waals surface area contributed by atoms with Crippen molar-refractivity contribution in [1.29, 1.82) is 0 Å². The Morgan fingerprint density at radius 1 is 1.00 bits per heavy atom. The minimum absolute atomic E-state index is 0.449. The van der Waals surface area contributed by atoms with Gasteiger partial charge in [0.2, 0.25) is 0 Å². The predicted octanol–water partition coefficient (Wildman–Crippen LogP) is 5.38. The van der Waals surface area contributed by atoms with Crippen LogP contribution in [0, 0.1) is 11.8 Å². The van der Waals surface area contributed by atoms with Crippen molar-refractivity contribution in [3.63, 3.8) is 0 Å². The zero-order valence-corrected chi connectivity index (χ0v) is 16.3. The molecule has 3 fully saturated rings. The highest BCUT2D eigenvalue weighted by atomic mass is 16.5. The minimum Gasteiger partial charge on any atom is -0.494 e. The number of benzene rings is 1. The molecule has 142 valence electrons. The SMILES string of the molecule is c1cc2c(cc1OCCC1CCCCC1)[C@@]13CCCC[C@H]1[C@@H](C2)NCC3. The first-order valence-electron chi connectivity index (χ1n) is 11.3. The maximum atomic E-state index is 6.27. The Bertz CT molecular complexity index is 631. The smallest absolute Gasteiger partial charge is 0.119 e. The zero-order valence-electron chi connectivity index (χ0n) is 16.3. The van der Waals surface area contributed by atoms with Gasteiger partial charge < -0.3 is 10.1 Å². The van der Waals surface area contributed by atoms with E-state index in [4.69, 9.17) is 4.74 Å². The van der Waals surface area contributed by atoms with Crippen LogP contribution in [-0.2, 0) is 11.8 Å². The van der Waals surface area contributed by atoms with Gasteiger partial charge in [-0.25, -0.2) is 0 Å². The number of nitrogens with one attached hydrogen (secondary N) is 1. The molecule has 1 aromatic carbocycles. The Kier molecular flexibility index (Phi) is 4.73. The Morgan fingerprint density at radius 3 is 2.81 bits per heavy atom. The molecule has 1 heterocycles. The number of fused-ring (bicyclic) bond motifs is 1. The van der Waals surface area contributed by atoms with Crippen LogP contribution in [0.25, 0.3) is 0 Å². The standard InChI is InChI=1S/C24H35NO/c1-2-6-18(7-3-1)11-15-26-20-10-9-19-16-23-21-8-4-5-12-24(21,13-14-25-23)22(19)17-20/h9-10,17-18,21,23,25H,1-8,11-16H2/t21-,23+,24+/m0/s1. The van der Waals surface area contributed by atoms with Crippen LogP contribution in [0.4, 0.5) is 0 Å². The minimum atomic E-state index is 0.449. The molecule has 0 spiro atoms. The average Bonchev–Trinajstić information content (AvgIpc) is 2.69. The van der Waals surface area contributed by atoms with Crippen LogP contribution in [0.1, 0.15) is 81.8 Å². The summed E-state index contributed by atoms with van der Waals surface area (Å²) in [6.45, 7) is 2.11. The summed E-state index contributed by atoms with van der Waals surface area (Å²) in [5, 5.41) is 3.84. The lowest BCUT2D eigenvalue weighted by molar-refractivity contribution is 0.0794. The lowest BCUT2D eigenvalue weighted by atomic mass is 9.53. The van der Waals surface area contributed by atoms with Crippen LogP contribution in [0.15, 0.2) is 18.2 Å². The predicted molar refractivity (Wildman–Crippen MR) is 107 cm³/mol. The molecule has 1 aliphatic heterocycles. The Morgan fingerprint density at radius 2 is 1.88 bits per heavy atom. The summed E-state index contributed by atoms with van der Waals surface area (Å²) >= 11 is 0. The van der Waals surface area contributed by atoms with E-state index in [-0.39, 0.29) is 0 Å². The van der Waals surface area contributed by atoms with Crippen LogP contribution >= 0.6 is 0 Å². The molecule has 2 bridgehead atoms. The molecule has 1 N–H and O–H groups in total. The molecular formula is C24H35NO. The van der Waals surface area contributed by atoms with Crippen molar-refractivity contribution in [2.24, 2.45) is 11.8 Å². The molecule has 5 rings (SSSR count). The number of ether oxygens (including phenoxy) is 1.